The van der Waals surface area contributed by atoms with Crippen molar-refractivity contribution in [2.75, 3.05) is 13.1 Å². The first-order valence-electron chi connectivity index (χ1n) is 4.75. The fraction of sp³-hybridized carbons (Fsp3) is 0.667. The molecule has 0 aromatic carbocycles. The molecule has 1 N–H and O–H groups in total. The molecule has 1 rings (SSSR count). The molecule has 0 radical (unpaired) electrons. The first-order chi connectivity index (χ1) is 6.65. The molecule has 0 aliphatic carbocycles. The lowest BCUT2D eigenvalue weighted by Gasteiger charge is -2.13. The third-order valence-corrected chi connectivity index (χ3v) is 2.13. The number of amides is 3. The highest BCUT2D eigenvalue weighted by Gasteiger charge is 2.27. The topological polar surface area (TPSA) is 66.5 Å². The Morgan fingerprint density at radius 2 is 1.93 bits per heavy atom. The largest absolute Gasteiger partial charge is 0.354 e. The van der Waals surface area contributed by atoms with Crippen LogP contribution in [0.4, 0.5) is 0 Å². The lowest BCUT2D eigenvalue weighted by Crippen LogP contribution is -2.37. The minimum Gasteiger partial charge on any atom is -0.354 e. The Bertz CT molecular complexity index is 247. The van der Waals surface area contributed by atoms with E-state index in [2.05, 4.69) is 5.32 Å². The summed E-state index contributed by atoms with van der Waals surface area (Å²) in [5.74, 6) is -0.342. The number of nitrogens with one attached hydrogen (secondary N) is 1. The SMILES string of the molecule is CCC(=O)NCCN1C(=O)CCC1=O. The first-order valence-corrected chi connectivity index (χ1v) is 4.75. The molecular weight excluding hydrogens is 184 g/mol. The Balaban J connectivity index is 2.27. The lowest BCUT2D eigenvalue weighted by molar-refractivity contribution is -0.138. The van der Waals surface area contributed by atoms with E-state index in [1.54, 1.807) is 6.92 Å². The summed E-state index contributed by atoms with van der Waals surface area (Å²) >= 11 is 0. The smallest absolute Gasteiger partial charge is 0.229 e. The van der Waals surface area contributed by atoms with Gasteiger partial charge in [0.05, 0.1) is 0 Å². The van der Waals surface area contributed by atoms with Gasteiger partial charge in [0.2, 0.25) is 17.7 Å². The minimum absolute atomic E-state index is 0.0657. The van der Waals surface area contributed by atoms with Crippen LogP contribution < -0.4 is 5.32 Å². The van der Waals surface area contributed by atoms with Crippen LogP contribution in [-0.4, -0.2) is 35.7 Å². The molecule has 0 saturated carbocycles. The van der Waals surface area contributed by atoms with Gasteiger partial charge in [0, 0.05) is 32.4 Å². The fourth-order valence-corrected chi connectivity index (χ4v) is 1.30. The van der Waals surface area contributed by atoms with Crippen molar-refractivity contribution < 1.29 is 14.4 Å². The van der Waals surface area contributed by atoms with Gasteiger partial charge in [0.15, 0.2) is 0 Å². The van der Waals surface area contributed by atoms with Crippen LogP contribution in [0.1, 0.15) is 26.2 Å². The van der Waals surface area contributed by atoms with E-state index in [0.29, 0.717) is 32.4 Å². The number of carbonyl (C=O) groups excluding carboxylic acids is 3. The Labute approximate surface area is 82.4 Å². The van der Waals surface area contributed by atoms with Gasteiger partial charge in [-0.05, 0) is 0 Å². The summed E-state index contributed by atoms with van der Waals surface area (Å²) in [6, 6.07) is 0. The maximum Gasteiger partial charge on any atom is 0.229 e. The second-order valence-electron chi connectivity index (χ2n) is 3.14. The molecule has 1 heterocycles. The molecule has 78 valence electrons. The molecule has 3 amide bonds. The minimum atomic E-state index is -0.138. The summed E-state index contributed by atoms with van der Waals surface area (Å²) < 4.78 is 0. The monoisotopic (exact) mass is 198 g/mol. The van der Waals surface area contributed by atoms with Gasteiger partial charge in [-0.3, -0.25) is 19.3 Å². The molecule has 0 spiro atoms. The molecule has 0 aromatic heterocycles. The van der Waals surface area contributed by atoms with Crippen molar-refractivity contribution in [1.82, 2.24) is 10.2 Å². The third kappa shape index (κ3) is 2.55. The second-order valence-corrected chi connectivity index (χ2v) is 3.14. The van der Waals surface area contributed by atoms with Crippen LogP contribution in [0.3, 0.4) is 0 Å². The number of nitrogens with zero attached hydrogens (tertiary/aromatic N) is 1. The van der Waals surface area contributed by atoms with Crippen molar-refractivity contribution in [3.8, 4) is 0 Å². The molecule has 0 unspecified atom stereocenters. The number of carbonyl (C=O) groups is 3. The van der Waals surface area contributed by atoms with Crippen LogP contribution in [0.25, 0.3) is 0 Å². The van der Waals surface area contributed by atoms with Crippen LogP contribution in [0, 0.1) is 0 Å². The van der Waals surface area contributed by atoms with Gasteiger partial charge in [-0.25, -0.2) is 0 Å². The molecule has 1 fully saturated rings. The fourth-order valence-electron chi connectivity index (χ4n) is 1.30. The number of hydrogen-bond acceptors (Lipinski definition) is 3. The van der Waals surface area contributed by atoms with Crippen molar-refractivity contribution in [2.24, 2.45) is 0 Å². The Hall–Kier alpha value is -1.39. The number of hydrogen-bond donors (Lipinski definition) is 1. The zero-order chi connectivity index (χ0) is 10.6. The highest BCUT2D eigenvalue weighted by molar-refractivity contribution is 6.01. The highest BCUT2D eigenvalue weighted by Crippen LogP contribution is 2.10. The van der Waals surface area contributed by atoms with Gasteiger partial charge >= 0.3 is 0 Å². The average Bonchev–Trinajstić information content (AvgIpc) is 2.48. The zero-order valence-corrected chi connectivity index (χ0v) is 8.21. The van der Waals surface area contributed by atoms with E-state index >= 15 is 0 Å². The van der Waals surface area contributed by atoms with Gasteiger partial charge < -0.3 is 5.32 Å². The van der Waals surface area contributed by atoms with Crippen molar-refractivity contribution in [1.29, 1.82) is 0 Å². The molecule has 0 atom stereocenters. The molecule has 1 aliphatic heterocycles. The van der Waals surface area contributed by atoms with Crippen LogP contribution in [-0.2, 0) is 14.4 Å². The molecule has 1 aliphatic rings. The predicted octanol–water partition coefficient (Wildman–Crippen LogP) is -0.338. The standard InChI is InChI=1S/C9H14N2O3/c1-2-7(12)10-5-6-11-8(13)3-4-9(11)14/h2-6H2,1H3,(H,10,12). The summed E-state index contributed by atoms with van der Waals surface area (Å²) in [6.45, 7) is 2.40. The van der Waals surface area contributed by atoms with Gasteiger partial charge in [-0.15, -0.1) is 0 Å². The van der Waals surface area contributed by atoms with Gasteiger partial charge in [-0.1, -0.05) is 6.92 Å². The molecule has 5 heteroatoms. The van der Waals surface area contributed by atoms with Crippen molar-refractivity contribution in [2.45, 2.75) is 26.2 Å². The maximum absolute atomic E-state index is 11.1. The summed E-state index contributed by atoms with van der Waals surface area (Å²) in [7, 11) is 0. The van der Waals surface area contributed by atoms with E-state index in [9.17, 15) is 14.4 Å². The van der Waals surface area contributed by atoms with E-state index in [4.69, 9.17) is 0 Å². The normalized spacial score (nSPS) is 16.2. The second kappa shape index (κ2) is 4.74. The van der Waals surface area contributed by atoms with E-state index in [-0.39, 0.29) is 17.7 Å². The van der Waals surface area contributed by atoms with E-state index in [1.165, 1.54) is 4.90 Å². The summed E-state index contributed by atoms with van der Waals surface area (Å²) in [5, 5.41) is 2.62. The van der Waals surface area contributed by atoms with Crippen LogP contribution in [0.15, 0.2) is 0 Å². The molecular formula is C9H14N2O3. The summed E-state index contributed by atoms with van der Waals surface area (Å²) in [4.78, 5) is 34.3. The predicted molar refractivity (Wildman–Crippen MR) is 49.3 cm³/mol. The maximum atomic E-state index is 11.1. The molecule has 0 bridgehead atoms. The zero-order valence-electron chi connectivity index (χ0n) is 8.21. The quantitative estimate of drug-likeness (QED) is 0.628. The molecule has 1 saturated heterocycles. The van der Waals surface area contributed by atoms with Crippen LogP contribution >= 0.6 is 0 Å². The lowest BCUT2D eigenvalue weighted by atomic mass is 10.4. The van der Waals surface area contributed by atoms with Gasteiger partial charge in [0.1, 0.15) is 0 Å². The van der Waals surface area contributed by atoms with Crippen molar-refractivity contribution in [3.63, 3.8) is 0 Å². The van der Waals surface area contributed by atoms with Crippen LogP contribution in [0.2, 0.25) is 0 Å². The van der Waals surface area contributed by atoms with Gasteiger partial charge in [0.25, 0.3) is 0 Å². The van der Waals surface area contributed by atoms with Gasteiger partial charge in [-0.2, -0.15) is 0 Å². The summed E-state index contributed by atoms with van der Waals surface area (Å²) in [5.41, 5.74) is 0. The Kier molecular flexibility index (Phi) is 3.62. The van der Waals surface area contributed by atoms with Crippen LogP contribution in [0.5, 0.6) is 0 Å². The highest BCUT2D eigenvalue weighted by atomic mass is 16.2. The molecule has 0 aromatic rings. The van der Waals surface area contributed by atoms with E-state index in [1.807, 2.05) is 0 Å². The molecule has 5 nitrogen and oxygen atoms in total. The first kappa shape index (κ1) is 10.7. The van der Waals surface area contributed by atoms with E-state index < -0.39 is 0 Å². The van der Waals surface area contributed by atoms with Crippen molar-refractivity contribution >= 4 is 17.7 Å². The average molecular weight is 198 g/mol. The third-order valence-electron chi connectivity index (χ3n) is 2.13. The number of rotatable bonds is 4. The molecule has 14 heavy (non-hydrogen) atoms. The number of imide groups is 1. The Morgan fingerprint density at radius 3 is 2.43 bits per heavy atom. The van der Waals surface area contributed by atoms with Crippen molar-refractivity contribution in [3.05, 3.63) is 0 Å². The Morgan fingerprint density at radius 1 is 1.36 bits per heavy atom. The van der Waals surface area contributed by atoms with E-state index in [0.717, 1.165) is 0 Å². The summed E-state index contributed by atoms with van der Waals surface area (Å²) in [6.07, 6.45) is 1.03. The number of likely N-dealkylation sites (tertiary alicyclic amines) is 1.